The molecular formula is C3H7NO2. The first-order valence-electron chi connectivity index (χ1n) is 1.80. The smallest absolute Gasteiger partial charge is 0.160 e. The average Bonchev–Trinajstić information content (AvgIpc) is 1.32. The first kappa shape index (κ1) is 4.05. The van der Waals surface area contributed by atoms with E-state index >= 15 is 0 Å². The fourth-order valence-corrected chi connectivity index (χ4v) is 0.311. The van der Waals surface area contributed by atoms with Crippen LogP contribution in [0.15, 0.2) is 0 Å². The van der Waals surface area contributed by atoms with Gasteiger partial charge >= 0.3 is 0 Å². The topological polar surface area (TPSA) is 55.5 Å². The Balaban J connectivity index is 2.31. The second-order valence-corrected chi connectivity index (χ2v) is 1.60. The number of nitrogens with two attached hydrogens (primary N) is 1. The molecule has 0 aromatic rings. The van der Waals surface area contributed by atoms with E-state index in [0.717, 1.165) is 0 Å². The van der Waals surface area contributed by atoms with Crippen molar-refractivity contribution in [1.82, 2.24) is 0 Å². The van der Waals surface area contributed by atoms with E-state index in [0.29, 0.717) is 0 Å². The summed E-state index contributed by atoms with van der Waals surface area (Å²) in [5, 5.41) is 8.57. The van der Waals surface area contributed by atoms with Gasteiger partial charge in [0.2, 0.25) is 0 Å². The summed E-state index contributed by atoms with van der Waals surface area (Å²) in [6, 6.07) is 0. The minimum absolute atomic E-state index is 0.285. The molecule has 1 saturated heterocycles. The monoisotopic (exact) mass is 89.0 g/mol. The van der Waals surface area contributed by atoms with Crippen LogP contribution in [0.1, 0.15) is 0 Å². The van der Waals surface area contributed by atoms with E-state index in [-0.39, 0.29) is 13.2 Å². The van der Waals surface area contributed by atoms with Crippen LogP contribution in [0, 0.1) is 0 Å². The molecule has 1 rings (SSSR count). The molecule has 1 aliphatic heterocycles. The van der Waals surface area contributed by atoms with Gasteiger partial charge in [0.25, 0.3) is 0 Å². The molecule has 0 aliphatic carbocycles. The molecule has 36 valence electrons. The summed E-state index contributed by atoms with van der Waals surface area (Å²) in [6.45, 7) is 0.569. The fraction of sp³-hybridized carbons (Fsp3) is 1.00. The Bertz CT molecular complexity index is 55.8. The Morgan fingerprint density at radius 2 is 2.00 bits per heavy atom. The van der Waals surface area contributed by atoms with Crippen molar-refractivity contribution in [3.05, 3.63) is 0 Å². The van der Waals surface area contributed by atoms with E-state index in [1.54, 1.807) is 0 Å². The van der Waals surface area contributed by atoms with Crippen LogP contribution in [0.3, 0.4) is 0 Å². The Morgan fingerprint density at radius 1 is 1.67 bits per heavy atom. The molecule has 3 nitrogen and oxygen atoms in total. The molecule has 0 atom stereocenters. The molecule has 1 heterocycles. The minimum Gasteiger partial charge on any atom is -0.372 e. The first-order valence-corrected chi connectivity index (χ1v) is 1.80. The summed E-state index contributed by atoms with van der Waals surface area (Å²) >= 11 is 0. The fourth-order valence-electron chi connectivity index (χ4n) is 0.311. The summed E-state index contributed by atoms with van der Waals surface area (Å²) in [4.78, 5) is 0. The van der Waals surface area contributed by atoms with Crippen molar-refractivity contribution in [2.75, 3.05) is 13.2 Å². The van der Waals surface area contributed by atoms with E-state index in [9.17, 15) is 0 Å². The standard InChI is InChI=1S/C3H7NO2/c4-3(5)1-6-2-3/h5H,1-2,4H2. The third-order valence-corrected chi connectivity index (χ3v) is 0.704. The van der Waals surface area contributed by atoms with Crippen LogP contribution in [0.25, 0.3) is 0 Å². The summed E-state index contributed by atoms with van der Waals surface area (Å²) in [5.41, 5.74) is 4.05. The van der Waals surface area contributed by atoms with Gasteiger partial charge in [0, 0.05) is 0 Å². The molecule has 0 bridgehead atoms. The van der Waals surface area contributed by atoms with Crippen LogP contribution in [0.5, 0.6) is 0 Å². The second kappa shape index (κ2) is 0.932. The predicted octanol–water partition coefficient (Wildman–Crippen LogP) is -1.34. The van der Waals surface area contributed by atoms with Crippen molar-refractivity contribution in [3.63, 3.8) is 0 Å². The van der Waals surface area contributed by atoms with Crippen LogP contribution < -0.4 is 5.73 Å². The van der Waals surface area contributed by atoms with Gasteiger partial charge in [-0.2, -0.15) is 0 Å². The molecule has 6 heavy (non-hydrogen) atoms. The van der Waals surface area contributed by atoms with E-state index in [1.165, 1.54) is 0 Å². The van der Waals surface area contributed by atoms with Crippen molar-refractivity contribution in [2.45, 2.75) is 5.72 Å². The number of hydrogen-bond donors (Lipinski definition) is 2. The highest BCUT2D eigenvalue weighted by Gasteiger charge is 2.30. The lowest BCUT2D eigenvalue weighted by Gasteiger charge is -2.31. The van der Waals surface area contributed by atoms with Gasteiger partial charge in [0.05, 0.1) is 13.2 Å². The Kier molecular flexibility index (Phi) is 0.629. The Hall–Kier alpha value is -0.120. The maximum atomic E-state index is 8.57. The second-order valence-electron chi connectivity index (χ2n) is 1.60. The molecule has 0 unspecified atom stereocenters. The first-order chi connectivity index (χ1) is 2.71. The molecule has 0 spiro atoms. The highest BCUT2D eigenvalue weighted by molar-refractivity contribution is 4.76. The summed E-state index contributed by atoms with van der Waals surface area (Å²) in [6.07, 6.45) is 0. The molecule has 0 aromatic carbocycles. The van der Waals surface area contributed by atoms with Crippen molar-refractivity contribution in [1.29, 1.82) is 0 Å². The van der Waals surface area contributed by atoms with Crippen LogP contribution in [0.4, 0.5) is 0 Å². The zero-order valence-corrected chi connectivity index (χ0v) is 3.35. The molecule has 1 fully saturated rings. The van der Waals surface area contributed by atoms with E-state index in [4.69, 9.17) is 10.8 Å². The zero-order chi connectivity index (χ0) is 4.62. The number of ether oxygens (including phenoxy) is 1. The van der Waals surface area contributed by atoms with E-state index in [2.05, 4.69) is 4.74 Å². The van der Waals surface area contributed by atoms with Gasteiger partial charge in [-0.3, -0.25) is 5.73 Å². The van der Waals surface area contributed by atoms with E-state index < -0.39 is 5.72 Å². The normalized spacial score (nSPS) is 29.0. The molecular weight excluding hydrogens is 82.0 g/mol. The number of rotatable bonds is 0. The van der Waals surface area contributed by atoms with Gasteiger partial charge < -0.3 is 9.84 Å². The number of aliphatic hydroxyl groups is 1. The van der Waals surface area contributed by atoms with Gasteiger partial charge in [-0.05, 0) is 0 Å². The van der Waals surface area contributed by atoms with Crippen LogP contribution in [0.2, 0.25) is 0 Å². The zero-order valence-electron chi connectivity index (χ0n) is 3.35. The molecule has 0 amide bonds. The lowest BCUT2D eigenvalue weighted by molar-refractivity contribution is -0.173. The maximum absolute atomic E-state index is 8.57. The minimum atomic E-state index is -1.00. The third kappa shape index (κ3) is 0.518. The molecule has 1 aliphatic rings. The van der Waals surface area contributed by atoms with Crippen molar-refractivity contribution >= 4 is 0 Å². The van der Waals surface area contributed by atoms with Gasteiger partial charge in [0.1, 0.15) is 0 Å². The maximum Gasteiger partial charge on any atom is 0.160 e. The Labute approximate surface area is 35.7 Å². The average molecular weight is 89.1 g/mol. The highest BCUT2D eigenvalue weighted by Crippen LogP contribution is 2.06. The molecule has 0 saturated carbocycles. The van der Waals surface area contributed by atoms with Gasteiger partial charge in [-0.25, -0.2) is 0 Å². The van der Waals surface area contributed by atoms with Gasteiger partial charge in [0.15, 0.2) is 5.72 Å². The predicted molar refractivity (Wildman–Crippen MR) is 20.0 cm³/mol. The van der Waals surface area contributed by atoms with Gasteiger partial charge in [-0.15, -0.1) is 0 Å². The molecule has 3 N–H and O–H groups in total. The van der Waals surface area contributed by atoms with Crippen molar-refractivity contribution < 1.29 is 9.84 Å². The molecule has 0 aromatic heterocycles. The quantitative estimate of drug-likeness (QED) is 0.361. The van der Waals surface area contributed by atoms with Crippen LogP contribution >= 0.6 is 0 Å². The molecule has 0 radical (unpaired) electrons. The number of hydrogen-bond acceptors (Lipinski definition) is 3. The lowest BCUT2D eigenvalue weighted by Crippen LogP contribution is -2.57. The SMILES string of the molecule is NC1(O)COC1. The third-order valence-electron chi connectivity index (χ3n) is 0.704. The molecule has 3 heteroatoms. The van der Waals surface area contributed by atoms with Crippen molar-refractivity contribution in [3.8, 4) is 0 Å². The summed E-state index contributed by atoms with van der Waals surface area (Å²) in [7, 11) is 0. The lowest BCUT2D eigenvalue weighted by atomic mass is 10.2. The largest absolute Gasteiger partial charge is 0.372 e. The van der Waals surface area contributed by atoms with Crippen molar-refractivity contribution in [2.24, 2.45) is 5.73 Å². The highest BCUT2D eigenvalue weighted by atomic mass is 16.5. The van der Waals surface area contributed by atoms with Crippen LogP contribution in [-0.2, 0) is 4.74 Å². The van der Waals surface area contributed by atoms with Crippen LogP contribution in [-0.4, -0.2) is 24.0 Å². The summed E-state index contributed by atoms with van der Waals surface area (Å²) < 4.78 is 4.56. The van der Waals surface area contributed by atoms with E-state index in [1.807, 2.05) is 0 Å². The van der Waals surface area contributed by atoms with Gasteiger partial charge in [-0.1, -0.05) is 0 Å². The Morgan fingerprint density at radius 3 is 2.00 bits per heavy atom. The summed E-state index contributed by atoms with van der Waals surface area (Å²) in [5.74, 6) is 0.